The lowest BCUT2D eigenvalue weighted by atomic mass is 9.95. The Bertz CT molecular complexity index is 445. The maximum absolute atomic E-state index is 13.0. The number of ether oxygens (including phenoxy) is 1. The molecule has 3 amide bonds. The van der Waals surface area contributed by atoms with Gasteiger partial charge in [0, 0.05) is 45.3 Å². The maximum Gasteiger partial charge on any atom is 0.318 e. The van der Waals surface area contributed by atoms with E-state index in [4.69, 9.17) is 4.74 Å². The molecular formula is C18H31N3O3. The van der Waals surface area contributed by atoms with E-state index in [0.29, 0.717) is 12.6 Å². The van der Waals surface area contributed by atoms with Crippen LogP contribution < -0.4 is 5.32 Å². The molecule has 24 heavy (non-hydrogen) atoms. The zero-order valence-corrected chi connectivity index (χ0v) is 14.8. The third kappa shape index (κ3) is 4.21. The van der Waals surface area contributed by atoms with Crippen molar-refractivity contribution in [1.82, 2.24) is 15.1 Å². The minimum Gasteiger partial charge on any atom is -0.381 e. The Morgan fingerprint density at radius 3 is 2.33 bits per heavy atom. The van der Waals surface area contributed by atoms with E-state index in [-0.39, 0.29) is 24.0 Å². The molecule has 3 fully saturated rings. The molecule has 0 radical (unpaired) electrons. The molecule has 3 rings (SSSR count). The molecule has 1 atom stereocenters. The second-order valence-electron chi connectivity index (χ2n) is 7.44. The maximum atomic E-state index is 13.0. The summed E-state index contributed by atoms with van der Waals surface area (Å²) in [6.45, 7) is 4.49. The second kappa shape index (κ2) is 8.19. The number of nitrogens with one attached hydrogen (secondary N) is 1. The zero-order chi connectivity index (χ0) is 16.9. The molecule has 2 heterocycles. The summed E-state index contributed by atoms with van der Waals surface area (Å²) in [7, 11) is 0. The summed E-state index contributed by atoms with van der Waals surface area (Å²) in [5, 5.41) is 3.28. The van der Waals surface area contributed by atoms with Gasteiger partial charge >= 0.3 is 6.03 Å². The van der Waals surface area contributed by atoms with Crippen LogP contribution in [-0.2, 0) is 9.53 Å². The van der Waals surface area contributed by atoms with Crippen LogP contribution in [-0.4, -0.2) is 66.2 Å². The zero-order valence-electron chi connectivity index (χ0n) is 14.8. The highest BCUT2D eigenvalue weighted by Crippen LogP contribution is 2.25. The second-order valence-corrected chi connectivity index (χ2v) is 7.44. The Balaban J connectivity index is 1.66. The average molecular weight is 337 g/mol. The van der Waals surface area contributed by atoms with Crippen molar-refractivity contribution in [3.63, 3.8) is 0 Å². The Morgan fingerprint density at radius 2 is 1.71 bits per heavy atom. The van der Waals surface area contributed by atoms with E-state index in [9.17, 15) is 9.59 Å². The number of likely N-dealkylation sites (tertiary alicyclic amines) is 1. The van der Waals surface area contributed by atoms with Crippen LogP contribution in [0.5, 0.6) is 0 Å². The van der Waals surface area contributed by atoms with Crippen LogP contribution in [0.4, 0.5) is 4.79 Å². The van der Waals surface area contributed by atoms with E-state index >= 15 is 0 Å². The number of hydrogen-bond donors (Lipinski definition) is 1. The molecule has 1 saturated carbocycles. The molecule has 6 nitrogen and oxygen atoms in total. The largest absolute Gasteiger partial charge is 0.381 e. The predicted molar refractivity (Wildman–Crippen MR) is 91.7 cm³/mol. The van der Waals surface area contributed by atoms with Crippen molar-refractivity contribution in [2.75, 3.05) is 26.3 Å². The van der Waals surface area contributed by atoms with Gasteiger partial charge in [0.05, 0.1) is 6.04 Å². The molecular weight excluding hydrogens is 306 g/mol. The molecule has 0 aromatic heterocycles. The van der Waals surface area contributed by atoms with Gasteiger partial charge in [0.1, 0.15) is 0 Å². The van der Waals surface area contributed by atoms with Gasteiger partial charge in [0.2, 0.25) is 5.91 Å². The van der Waals surface area contributed by atoms with Crippen molar-refractivity contribution in [2.24, 2.45) is 0 Å². The Kier molecular flexibility index (Phi) is 5.98. The Labute approximate surface area is 144 Å². The van der Waals surface area contributed by atoms with Gasteiger partial charge in [-0.15, -0.1) is 0 Å². The molecule has 0 spiro atoms. The van der Waals surface area contributed by atoms with Crippen molar-refractivity contribution in [3.8, 4) is 0 Å². The fourth-order valence-electron chi connectivity index (χ4n) is 4.34. The highest BCUT2D eigenvalue weighted by atomic mass is 16.5. The smallest absolute Gasteiger partial charge is 0.318 e. The lowest BCUT2D eigenvalue weighted by molar-refractivity contribution is -0.128. The van der Waals surface area contributed by atoms with Crippen LogP contribution in [0.2, 0.25) is 0 Å². The number of nitrogens with zero attached hydrogens (tertiary/aromatic N) is 2. The first-order valence-corrected chi connectivity index (χ1v) is 9.57. The number of carbonyl (C=O) groups excluding carboxylic acids is 2. The fraction of sp³-hybridized carbons (Fsp3) is 0.889. The average Bonchev–Trinajstić information content (AvgIpc) is 3.07. The van der Waals surface area contributed by atoms with E-state index in [1.54, 1.807) is 6.92 Å². The normalized spacial score (nSPS) is 26.4. The molecule has 1 aliphatic carbocycles. The predicted octanol–water partition coefficient (Wildman–Crippen LogP) is 2.13. The van der Waals surface area contributed by atoms with E-state index in [2.05, 4.69) is 10.2 Å². The first-order chi connectivity index (χ1) is 11.6. The van der Waals surface area contributed by atoms with Crippen LogP contribution >= 0.6 is 0 Å². The molecule has 1 N–H and O–H groups in total. The van der Waals surface area contributed by atoms with Gasteiger partial charge in [0.25, 0.3) is 0 Å². The Morgan fingerprint density at radius 1 is 1.00 bits per heavy atom. The van der Waals surface area contributed by atoms with Gasteiger partial charge in [0.15, 0.2) is 0 Å². The standard InChI is InChI=1S/C18H31N3O3/c1-14(22)20-10-7-17(13-20)21(16-8-11-24-12-9-16)18(23)19-15-5-3-2-4-6-15/h15-17H,2-13H2,1H3,(H,19,23). The van der Waals surface area contributed by atoms with E-state index in [0.717, 1.165) is 51.9 Å². The van der Waals surface area contributed by atoms with E-state index in [1.807, 2.05) is 4.90 Å². The quantitative estimate of drug-likeness (QED) is 0.858. The molecule has 0 bridgehead atoms. The van der Waals surface area contributed by atoms with Crippen molar-refractivity contribution < 1.29 is 14.3 Å². The minimum atomic E-state index is 0.0733. The van der Waals surface area contributed by atoms with Gasteiger partial charge in [-0.1, -0.05) is 19.3 Å². The lowest BCUT2D eigenvalue weighted by Crippen LogP contribution is -2.56. The van der Waals surface area contributed by atoms with Crippen LogP contribution in [0.25, 0.3) is 0 Å². The van der Waals surface area contributed by atoms with Gasteiger partial charge < -0.3 is 19.9 Å². The summed E-state index contributed by atoms with van der Waals surface area (Å²) in [5.41, 5.74) is 0. The summed E-state index contributed by atoms with van der Waals surface area (Å²) >= 11 is 0. The van der Waals surface area contributed by atoms with Crippen LogP contribution in [0.15, 0.2) is 0 Å². The molecule has 3 aliphatic rings. The van der Waals surface area contributed by atoms with Crippen molar-refractivity contribution in [1.29, 1.82) is 0 Å². The molecule has 136 valence electrons. The van der Waals surface area contributed by atoms with E-state index in [1.165, 1.54) is 19.3 Å². The van der Waals surface area contributed by atoms with Gasteiger partial charge in [-0.05, 0) is 32.1 Å². The van der Waals surface area contributed by atoms with Gasteiger partial charge in [-0.25, -0.2) is 4.79 Å². The van der Waals surface area contributed by atoms with E-state index < -0.39 is 0 Å². The number of carbonyl (C=O) groups is 2. The number of amides is 3. The molecule has 0 aromatic rings. The van der Waals surface area contributed by atoms with Crippen molar-refractivity contribution in [2.45, 2.75) is 76.4 Å². The van der Waals surface area contributed by atoms with Gasteiger partial charge in [-0.2, -0.15) is 0 Å². The molecule has 2 saturated heterocycles. The SMILES string of the molecule is CC(=O)N1CCC(N(C(=O)NC2CCCCC2)C2CCOCC2)C1. The molecule has 0 aromatic carbocycles. The topological polar surface area (TPSA) is 61.9 Å². The van der Waals surface area contributed by atoms with Crippen LogP contribution in [0.1, 0.15) is 58.3 Å². The third-order valence-electron chi connectivity index (χ3n) is 5.75. The fourth-order valence-corrected chi connectivity index (χ4v) is 4.34. The molecule has 1 unspecified atom stereocenters. The Hall–Kier alpha value is -1.30. The lowest BCUT2D eigenvalue weighted by Gasteiger charge is -2.39. The summed E-state index contributed by atoms with van der Waals surface area (Å²) in [6.07, 6.45) is 8.58. The molecule has 2 aliphatic heterocycles. The van der Waals surface area contributed by atoms with Crippen molar-refractivity contribution in [3.05, 3.63) is 0 Å². The third-order valence-corrected chi connectivity index (χ3v) is 5.75. The number of rotatable bonds is 3. The van der Waals surface area contributed by atoms with Gasteiger partial charge in [-0.3, -0.25) is 4.79 Å². The number of hydrogen-bond acceptors (Lipinski definition) is 3. The first-order valence-electron chi connectivity index (χ1n) is 9.57. The highest BCUT2D eigenvalue weighted by Gasteiger charge is 2.37. The summed E-state index contributed by atoms with van der Waals surface area (Å²) in [5.74, 6) is 0.108. The number of urea groups is 1. The monoisotopic (exact) mass is 337 g/mol. The summed E-state index contributed by atoms with van der Waals surface area (Å²) in [6, 6.07) is 0.767. The summed E-state index contributed by atoms with van der Waals surface area (Å²) in [4.78, 5) is 28.6. The first kappa shape index (κ1) is 17.5. The molecule has 6 heteroatoms. The highest BCUT2D eigenvalue weighted by molar-refractivity contribution is 5.76. The van der Waals surface area contributed by atoms with Crippen molar-refractivity contribution >= 4 is 11.9 Å². The van der Waals surface area contributed by atoms with Crippen LogP contribution in [0.3, 0.4) is 0 Å². The summed E-state index contributed by atoms with van der Waals surface area (Å²) < 4.78 is 5.48. The van der Waals surface area contributed by atoms with Crippen LogP contribution in [0, 0.1) is 0 Å². The minimum absolute atomic E-state index is 0.0733.